The molecule has 0 amide bonds. The summed E-state index contributed by atoms with van der Waals surface area (Å²) in [4.78, 5) is 2.36. The summed E-state index contributed by atoms with van der Waals surface area (Å²) >= 11 is 0. The van der Waals surface area contributed by atoms with Gasteiger partial charge in [0.15, 0.2) is 0 Å². The van der Waals surface area contributed by atoms with E-state index in [2.05, 4.69) is 191 Å². The molecule has 0 atom stereocenters. The van der Waals surface area contributed by atoms with E-state index in [4.69, 9.17) is 4.42 Å². The van der Waals surface area contributed by atoms with Crippen LogP contribution in [0.25, 0.3) is 71.7 Å². The highest BCUT2D eigenvalue weighted by atomic mass is 16.3. The van der Waals surface area contributed by atoms with Gasteiger partial charge in [0.1, 0.15) is 11.2 Å². The number of rotatable bonds is 6. The number of benzene rings is 8. The van der Waals surface area contributed by atoms with Crippen LogP contribution in [0.2, 0.25) is 0 Å². The fourth-order valence-electron chi connectivity index (χ4n) is 7.64. The van der Waals surface area contributed by atoms with Gasteiger partial charge in [0, 0.05) is 44.3 Å². The molecule has 2 heterocycles. The van der Waals surface area contributed by atoms with Crippen molar-refractivity contribution in [1.82, 2.24) is 4.57 Å². The molecule has 0 aliphatic heterocycles. The van der Waals surface area contributed by atoms with E-state index in [-0.39, 0.29) is 0 Å². The Balaban J connectivity index is 1.13. The monoisotopic (exact) mass is 652 g/mol. The predicted octanol–water partition coefficient (Wildman–Crippen LogP) is 13.5. The second-order valence-electron chi connectivity index (χ2n) is 13.0. The minimum absolute atomic E-state index is 0.904. The van der Waals surface area contributed by atoms with Gasteiger partial charge in [-0.3, -0.25) is 0 Å². The largest absolute Gasteiger partial charge is 0.456 e. The third kappa shape index (κ3) is 4.90. The second-order valence-corrected chi connectivity index (χ2v) is 13.0. The van der Waals surface area contributed by atoms with Crippen LogP contribution in [0.1, 0.15) is 0 Å². The van der Waals surface area contributed by atoms with E-state index in [1.54, 1.807) is 0 Å². The molecule has 10 rings (SSSR count). The lowest BCUT2D eigenvalue weighted by Crippen LogP contribution is -2.10. The minimum Gasteiger partial charge on any atom is -0.456 e. The smallest absolute Gasteiger partial charge is 0.136 e. The van der Waals surface area contributed by atoms with Gasteiger partial charge in [-0.1, -0.05) is 121 Å². The van der Waals surface area contributed by atoms with Gasteiger partial charge in [0.25, 0.3) is 0 Å². The van der Waals surface area contributed by atoms with Crippen molar-refractivity contribution in [3.05, 3.63) is 194 Å². The van der Waals surface area contributed by atoms with Crippen LogP contribution in [0.15, 0.2) is 199 Å². The van der Waals surface area contributed by atoms with Gasteiger partial charge < -0.3 is 13.9 Å². The maximum atomic E-state index is 6.22. The molecule has 3 nitrogen and oxygen atoms in total. The topological polar surface area (TPSA) is 21.3 Å². The zero-order chi connectivity index (χ0) is 33.7. The van der Waals surface area contributed by atoms with Crippen molar-refractivity contribution in [1.29, 1.82) is 0 Å². The van der Waals surface area contributed by atoms with Crippen molar-refractivity contribution < 1.29 is 4.42 Å². The van der Waals surface area contributed by atoms with Crippen molar-refractivity contribution >= 4 is 60.8 Å². The van der Waals surface area contributed by atoms with Gasteiger partial charge in [-0.05, 0) is 95.1 Å². The van der Waals surface area contributed by atoms with Crippen molar-refractivity contribution in [3.8, 4) is 27.9 Å². The molecule has 0 N–H and O–H groups in total. The molecule has 51 heavy (non-hydrogen) atoms. The lowest BCUT2D eigenvalue weighted by atomic mass is 9.99. The molecule has 10 aromatic rings. The van der Waals surface area contributed by atoms with Crippen LogP contribution < -0.4 is 4.90 Å². The lowest BCUT2D eigenvalue weighted by Gasteiger charge is -2.26. The molecule has 3 heteroatoms. The molecular formula is C48H32N2O. The standard InChI is InChI=1S/C48H32N2O/c1-3-12-33(13-4-1)34-22-26-37(27-23-34)49(38-28-24-35(25-29-38)40-18-11-21-47-48(40)42-17-8-10-20-46(42)51-47)39-30-31-45-43(32-39)41-16-7-9-19-44(41)50(45)36-14-5-2-6-15-36/h1-32H. The van der Waals surface area contributed by atoms with E-state index in [0.717, 1.165) is 55.8 Å². The van der Waals surface area contributed by atoms with Crippen LogP contribution >= 0.6 is 0 Å². The second kappa shape index (κ2) is 11.9. The van der Waals surface area contributed by atoms with Crippen molar-refractivity contribution in [2.45, 2.75) is 0 Å². The number of furan rings is 1. The average molecular weight is 653 g/mol. The number of nitrogens with zero attached hydrogens (tertiary/aromatic N) is 2. The number of hydrogen-bond acceptors (Lipinski definition) is 2. The Kier molecular flexibility index (Phi) is 6.81. The average Bonchev–Trinajstić information content (AvgIpc) is 3.75. The van der Waals surface area contributed by atoms with Crippen molar-refractivity contribution in [2.24, 2.45) is 0 Å². The Hall–Kier alpha value is -6.84. The maximum absolute atomic E-state index is 6.22. The molecule has 0 spiro atoms. The molecule has 0 radical (unpaired) electrons. The molecular weight excluding hydrogens is 621 g/mol. The van der Waals surface area contributed by atoms with Crippen LogP contribution in [0.4, 0.5) is 17.1 Å². The first kappa shape index (κ1) is 29.1. The number of anilines is 3. The normalized spacial score (nSPS) is 11.5. The highest BCUT2D eigenvalue weighted by molar-refractivity contribution is 6.13. The molecule has 0 aliphatic carbocycles. The van der Waals surface area contributed by atoms with Gasteiger partial charge in [-0.2, -0.15) is 0 Å². The minimum atomic E-state index is 0.904. The first-order valence-corrected chi connectivity index (χ1v) is 17.4. The van der Waals surface area contributed by atoms with Crippen molar-refractivity contribution in [2.75, 3.05) is 4.90 Å². The predicted molar refractivity (Wildman–Crippen MR) is 214 cm³/mol. The summed E-state index contributed by atoms with van der Waals surface area (Å²) in [7, 11) is 0. The molecule has 8 aromatic carbocycles. The molecule has 0 aliphatic rings. The van der Waals surface area contributed by atoms with Crippen LogP contribution in [0.3, 0.4) is 0 Å². The van der Waals surface area contributed by atoms with E-state index in [9.17, 15) is 0 Å². The van der Waals surface area contributed by atoms with Crippen LogP contribution in [-0.4, -0.2) is 4.57 Å². The van der Waals surface area contributed by atoms with E-state index < -0.39 is 0 Å². The Morgan fingerprint density at radius 1 is 0.373 bits per heavy atom. The summed E-state index contributed by atoms with van der Waals surface area (Å²) < 4.78 is 8.58. The molecule has 0 saturated heterocycles. The maximum Gasteiger partial charge on any atom is 0.136 e. The fourth-order valence-corrected chi connectivity index (χ4v) is 7.64. The quantitative estimate of drug-likeness (QED) is 0.178. The Labute approximate surface area is 295 Å². The van der Waals surface area contributed by atoms with Gasteiger partial charge in [-0.25, -0.2) is 0 Å². The summed E-state index contributed by atoms with van der Waals surface area (Å²) in [6.45, 7) is 0. The van der Waals surface area contributed by atoms with Gasteiger partial charge in [0.05, 0.1) is 11.0 Å². The van der Waals surface area contributed by atoms with E-state index in [1.165, 1.54) is 32.9 Å². The van der Waals surface area contributed by atoms with Crippen LogP contribution in [0.5, 0.6) is 0 Å². The lowest BCUT2D eigenvalue weighted by molar-refractivity contribution is 0.669. The van der Waals surface area contributed by atoms with E-state index in [1.807, 2.05) is 12.1 Å². The van der Waals surface area contributed by atoms with Gasteiger partial charge in [0.2, 0.25) is 0 Å². The number of aromatic nitrogens is 1. The first-order chi connectivity index (χ1) is 25.3. The third-order valence-electron chi connectivity index (χ3n) is 10.0. The van der Waals surface area contributed by atoms with Gasteiger partial charge >= 0.3 is 0 Å². The Morgan fingerprint density at radius 3 is 1.71 bits per heavy atom. The van der Waals surface area contributed by atoms with Crippen LogP contribution in [-0.2, 0) is 0 Å². The zero-order valence-electron chi connectivity index (χ0n) is 27.8. The molecule has 2 aromatic heterocycles. The summed E-state index contributed by atoms with van der Waals surface area (Å²) in [5, 5.41) is 4.73. The summed E-state index contributed by atoms with van der Waals surface area (Å²) in [5.41, 5.74) is 13.3. The van der Waals surface area contributed by atoms with Crippen LogP contribution in [0, 0.1) is 0 Å². The molecule has 0 bridgehead atoms. The van der Waals surface area contributed by atoms with Gasteiger partial charge in [-0.15, -0.1) is 0 Å². The summed E-state index contributed by atoms with van der Waals surface area (Å²) in [5.74, 6) is 0. The van der Waals surface area contributed by atoms with E-state index in [0.29, 0.717) is 0 Å². The highest BCUT2D eigenvalue weighted by Crippen LogP contribution is 2.42. The third-order valence-corrected chi connectivity index (χ3v) is 10.0. The van der Waals surface area contributed by atoms with E-state index >= 15 is 0 Å². The number of hydrogen-bond donors (Lipinski definition) is 0. The first-order valence-electron chi connectivity index (χ1n) is 17.4. The Bertz CT molecular complexity index is 2830. The summed E-state index contributed by atoms with van der Waals surface area (Å²) in [6.07, 6.45) is 0. The highest BCUT2D eigenvalue weighted by Gasteiger charge is 2.18. The SMILES string of the molecule is c1ccc(-c2ccc(N(c3ccc(-c4cccc5oc6ccccc6c45)cc3)c3ccc4c(c3)c3ccccc3n4-c3ccccc3)cc2)cc1. The zero-order valence-corrected chi connectivity index (χ0v) is 27.8. The fraction of sp³-hybridized carbons (Fsp3) is 0. The van der Waals surface area contributed by atoms with Crippen molar-refractivity contribution in [3.63, 3.8) is 0 Å². The summed E-state index contributed by atoms with van der Waals surface area (Å²) in [6, 6.07) is 69.2. The number of para-hydroxylation sites is 3. The molecule has 240 valence electrons. The Morgan fingerprint density at radius 2 is 0.941 bits per heavy atom. The number of fused-ring (bicyclic) bond motifs is 6. The molecule has 0 saturated carbocycles. The molecule has 0 unspecified atom stereocenters. The molecule has 0 fully saturated rings.